The van der Waals surface area contributed by atoms with Crippen LogP contribution in [0.1, 0.15) is 24.8 Å². The van der Waals surface area contributed by atoms with E-state index < -0.39 is 0 Å². The van der Waals surface area contributed by atoms with Crippen molar-refractivity contribution in [3.63, 3.8) is 0 Å². The fourth-order valence-electron chi connectivity index (χ4n) is 3.25. The van der Waals surface area contributed by atoms with Crippen LogP contribution in [0, 0.1) is 5.41 Å². The van der Waals surface area contributed by atoms with Crippen LogP contribution in [-0.2, 0) is 6.54 Å². The molecule has 20 heavy (non-hydrogen) atoms. The fraction of sp³-hybridized carbons (Fsp3) is 0.533. The minimum absolute atomic E-state index is 0.0780. The van der Waals surface area contributed by atoms with E-state index in [1.807, 2.05) is 24.3 Å². The van der Waals surface area contributed by atoms with Crippen molar-refractivity contribution in [1.82, 2.24) is 16.0 Å². The van der Waals surface area contributed by atoms with Crippen LogP contribution in [0.15, 0.2) is 24.3 Å². The van der Waals surface area contributed by atoms with Gasteiger partial charge < -0.3 is 16.0 Å². The number of rotatable bonds is 3. The predicted octanol–water partition coefficient (Wildman–Crippen LogP) is 2.28. The lowest BCUT2D eigenvalue weighted by Gasteiger charge is -2.45. The van der Waals surface area contributed by atoms with Crippen molar-refractivity contribution in [3.05, 3.63) is 34.9 Å². The van der Waals surface area contributed by atoms with Crippen LogP contribution in [0.3, 0.4) is 0 Å². The Morgan fingerprint density at radius 2 is 2.10 bits per heavy atom. The van der Waals surface area contributed by atoms with E-state index in [2.05, 4.69) is 16.0 Å². The zero-order valence-corrected chi connectivity index (χ0v) is 12.2. The molecule has 2 fully saturated rings. The number of urea groups is 1. The van der Waals surface area contributed by atoms with E-state index in [1.54, 1.807) is 0 Å². The van der Waals surface area contributed by atoms with Crippen molar-refractivity contribution in [3.8, 4) is 0 Å². The molecule has 2 amide bonds. The summed E-state index contributed by atoms with van der Waals surface area (Å²) < 4.78 is 0. The second kappa shape index (κ2) is 5.62. The summed E-state index contributed by atoms with van der Waals surface area (Å²) in [6.45, 7) is 2.76. The van der Waals surface area contributed by atoms with Gasteiger partial charge >= 0.3 is 6.03 Å². The Labute approximate surface area is 124 Å². The van der Waals surface area contributed by atoms with Crippen molar-refractivity contribution in [2.45, 2.75) is 31.8 Å². The zero-order chi connectivity index (χ0) is 14.0. The maximum absolute atomic E-state index is 11.8. The highest BCUT2D eigenvalue weighted by Crippen LogP contribution is 2.45. The molecule has 3 rings (SSSR count). The quantitative estimate of drug-likeness (QED) is 0.801. The molecule has 2 aliphatic rings. The Balaban J connectivity index is 1.39. The number of carbonyl (C=O) groups is 1. The maximum Gasteiger partial charge on any atom is 0.315 e. The molecule has 3 N–H and O–H groups in total. The van der Waals surface area contributed by atoms with Crippen molar-refractivity contribution < 1.29 is 4.79 Å². The summed E-state index contributed by atoms with van der Waals surface area (Å²) in [5.41, 5.74) is 1.52. The molecule has 0 aromatic heterocycles. The summed E-state index contributed by atoms with van der Waals surface area (Å²) in [7, 11) is 0. The largest absolute Gasteiger partial charge is 0.335 e. The van der Waals surface area contributed by atoms with Crippen LogP contribution in [0.5, 0.6) is 0 Å². The number of carbonyl (C=O) groups excluding carboxylic acids is 1. The van der Waals surface area contributed by atoms with Gasteiger partial charge in [0.1, 0.15) is 0 Å². The lowest BCUT2D eigenvalue weighted by atomic mass is 9.65. The Hall–Kier alpha value is -1.26. The average Bonchev–Trinajstić information content (AvgIpc) is 2.87. The molecule has 108 valence electrons. The minimum Gasteiger partial charge on any atom is -0.335 e. The number of amides is 2. The highest BCUT2D eigenvalue weighted by molar-refractivity contribution is 6.30. The zero-order valence-electron chi connectivity index (χ0n) is 11.4. The van der Waals surface area contributed by atoms with E-state index in [0.717, 1.165) is 31.5 Å². The average molecular weight is 294 g/mol. The molecule has 0 radical (unpaired) electrons. The first kappa shape index (κ1) is 13.7. The molecule has 1 aliphatic carbocycles. The van der Waals surface area contributed by atoms with Gasteiger partial charge in [0.2, 0.25) is 0 Å². The third-order valence-corrected chi connectivity index (χ3v) is 4.64. The van der Waals surface area contributed by atoms with Crippen molar-refractivity contribution in [2.75, 3.05) is 13.1 Å². The lowest BCUT2D eigenvalue weighted by Crippen LogP contribution is -2.53. The summed E-state index contributed by atoms with van der Waals surface area (Å²) in [4.78, 5) is 11.8. The third-order valence-electron chi connectivity index (χ3n) is 4.39. The molecule has 1 saturated heterocycles. The fourth-order valence-corrected chi connectivity index (χ4v) is 3.38. The standard InChI is InChI=1S/C15H20ClN3O/c16-12-3-1-11(2-4-12)9-18-14(20)19-13-7-15(8-13)5-6-17-10-15/h1-4,13,17H,5-10H2,(H2,18,19,20)/t13-,15-. The molecule has 5 heteroatoms. The molecule has 1 aromatic carbocycles. The molecule has 1 aliphatic heterocycles. The van der Waals surface area contributed by atoms with E-state index in [1.165, 1.54) is 6.42 Å². The normalized spacial score (nSPS) is 28.1. The molecule has 1 aromatic rings. The number of hydrogen-bond donors (Lipinski definition) is 3. The van der Waals surface area contributed by atoms with Crippen molar-refractivity contribution in [1.29, 1.82) is 0 Å². The smallest absolute Gasteiger partial charge is 0.315 e. The van der Waals surface area contributed by atoms with E-state index in [9.17, 15) is 4.79 Å². The maximum atomic E-state index is 11.8. The van der Waals surface area contributed by atoms with Gasteiger partial charge in [0, 0.05) is 24.2 Å². The van der Waals surface area contributed by atoms with Crippen molar-refractivity contribution in [2.24, 2.45) is 5.41 Å². The van der Waals surface area contributed by atoms with Crippen LogP contribution in [-0.4, -0.2) is 25.2 Å². The van der Waals surface area contributed by atoms with Crippen LogP contribution in [0.2, 0.25) is 5.02 Å². The van der Waals surface area contributed by atoms with Gasteiger partial charge in [-0.05, 0) is 48.9 Å². The molecule has 1 heterocycles. The van der Waals surface area contributed by atoms with Gasteiger partial charge in [0.15, 0.2) is 0 Å². The Morgan fingerprint density at radius 1 is 1.35 bits per heavy atom. The molecule has 0 bridgehead atoms. The molecule has 0 unspecified atom stereocenters. The summed E-state index contributed by atoms with van der Waals surface area (Å²) in [6, 6.07) is 7.76. The molecular weight excluding hydrogens is 274 g/mol. The second-order valence-corrected chi connectivity index (χ2v) is 6.42. The first-order valence-electron chi connectivity index (χ1n) is 7.15. The predicted molar refractivity (Wildman–Crippen MR) is 79.8 cm³/mol. The van der Waals surface area contributed by atoms with Crippen molar-refractivity contribution >= 4 is 17.6 Å². The molecule has 1 saturated carbocycles. The summed E-state index contributed by atoms with van der Waals surface area (Å²) in [5, 5.41) is 10.0. The number of benzene rings is 1. The monoisotopic (exact) mass is 293 g/mol. The highest BCUT2D eigenvalue weighted by atomic mass is 35.5. The van der Waals surface area contributed by atoms with E-state index in [0.29, 0.717) is 23.0 Å². The van der Waals surface area contributed by atoms with Gasteiger partial charge in [-0.3, -0.25) is 0 Å². The second-order valence-electron chi connectivity index (χ2n) is 5.99. The number of nitrogens with one attached hydrogen (secondary N) is 3. The topological polar surface area (TPSA) is 53.2 Å². The van der Waals surface area contributed by atoms with Crippen LogP contribution < -0.4 is 16.0 Å². The third kappa shape index (κ3) is 3.07. The highest BCUT2D eigenvalue weighted by Gasteiger charge is 2.46. The minimum atomic E-state index is -0.0780. The van der Waals surface area contributed by atoms with E-state index in [-0.39, 0.29) is 6.03 Å². The van der Waals surface area contributed by atoms with Crippen LogP contribution in [0.25, 0.3) is 0 Å². The molecule has 1 spiro atoms. The summed E-state index contributed by atoms with van der Waals surface area (Å²) >= 11 is 5.82. The number of halogens is 1. The van der Waals surface area contributed by atoms with Gasteiger partial charge in [0.25, 0.3) is 0 Å². The van der Waals surface area contributed by atoms with Gasteiger partial charge in [0.05, 0.1) is 0 Å². The Bertz CT molecular complexity index is 474. The van der Waals surface area contributed by atoms with Gasteiger partial charge in [-0.2, -0.15) is 0 Å². The molecular formula is C15H20ClN3O. The van der Waals surface area contributed by atoms with Gasteiger partial charge in [-0.15, -0.1) is 0 Å². The van der Waals surface area contributed by atoms with Crippen LogP contribution in [0.4, 0.5) is 4.79 Å². The first-order valence-corrected chi connectivity index (χ1v) is 7.53. The van der Waals surface area contributed by atoms with E-state index >= 15 is 0 Å². The van der Waals surface area contributed by atoms with Gasteiger partial charge in [-0.1, -0.05) is 23.7 Å². The van der Waals surface area contributed by atoms with E-state index in [4.69, 9.17) is 11.6 Å². The number of hydrogen-bond acceptors (Lipinski definition) is 2. The summed E-state index contributed by atoms with van der Waals surface area (Å²) in [5.74, 6) is 0. The lowest BCUT2D eigenvalue weighted by molar-refractivity contribution is 0.109. The Kier molecular flexibility index (Phi) is 3.85. The van der Waals surface area contributed by atoms with Crippen LogP contribution >= 0.6 is 11.6 Å². The molecule has 4 nitrogen and oxygen atoms in total. The van der Waals surface area contributed by atoms with Gasteiger partial charge in [-0.25, -0.2) is 4.79 Å². The first-order chi connectivity index (χ1) is 9.65. The molecule has 0 atom stereocenters. The SMILES string of the molecule is O=C(NCc1ccc(Cl)cc1)N[C@H]1C[C@@]2(CCNC2)C1. The Morgan fingerprint density at radius 3 is 2.75 bits per heavy atom. The summed E-state index contributed by atoms with van der Waals surface area (Å²) in [6.07, 6.45) is 3.46.